The number of rotatable bonds is 3. The number of thioether (sulfide) groups is 1. The Morgan fingerprint density at radius 1 is 0.960 bits per heavy atom. The van der Waals surface area contributed by atoms with Crippen LogP contribution in [-0.2, 0) is 11.3 Å². The molecule has 0 N–H and O–H groups in total. The monoisotopic (exact) mass is 431 g/mol. The first-order valence-corrected chi connectivity index (χ1v) is 9.33. The second kappa shape index (κ2) is 7.60. The SMILES string of the molecule is O=C1S/C(=C\c2cccc(Cl)c2Cl)C(=O)N1Cc1ccc(Cl)c(Cl)c1. The van der Waals surface area contributed by atoms with Crippen LogP contribution in [0.3, 0.4) is 0 Å². The van der Waals surface area contributed by atoms with Crippen molar-refractivity contribution < 1.29 is 9.59 Å². The summed E-state index contributed by atoms with van der Waals surface area (Å²) in [5.74, 6) is -0.392. The third-order valence-electron chi connectivity index (χ3n) is 3.47. The summed E-state index contributed by atoms with van der Waals surface area (Å²) in [5.41, 5.74) is 1.29. The Morgan fingerprint density at radius 3 is 2.44 bits per heavy atom. The van der Waals surface area contributed by atoms with Gasteiger partial charge in [0.25, 0.3) is 11.1 Å². The lowest BCUT2D eigenvalue weighted by molar-refractivity contribution is -0.123. The highest BCUT2D eigenvalue weighted by molar-refractivity contribution is 8.18. The van der Waals surface area contributed by atoms with Gasteiger partial charge in [0, 0.05) is 0 Å². The Balaban J connectivity index is 1.86. The van der Waals surface area contributed by atoms with E-state index >= 15 is 0 Å². The van der Waals surface area contributed by atoms with Crippen molar-refractivity contribution in [1.29, 1.82) is 0 Å². The van der Waals surface area contributed by atoms with Gasteiger partial charge < -0.3 is 0 Å². The maximum absolute atomic E-state index is 12.6. The molecule has 3 rings (SSSR count). The van der Waals surface area contributed by atoms with Crippen LogP contribution in [0.25, 0.3) is 6.08 Å². The number of halogens is 4. The fourth-order valence-electron chi connectivity index (χ4n) is 2.23. The molecule has 2 amide bonds. The summed E-state index contributed by atoms with van der Waals surface area (Å²) in [7, 11) is 0. The van der Waals surface area contributed by atoms with E-state index in [9.17, 15) is 9.59 Å². The van der Waals surface area contributed by atoms with Crippen LogP contribution in [0.2, 0.25) is 20.1 Å². The standard InChI is InChI=1S/C17H9Cl4NO2S/c18-11-5-4-9(6-13(11)20)8-22-16(23)14(25-17(22)24)7-10-2-1-3-12(19)15(10)21/h1-7H,8H2/b14-7-. The first-order chi connectivity index (χ1) is 11.9. The van der Waals surface area contributed by atoms with Crippen LogP contribution in [0.1, 0.15) is 11.1 Å². The summed E-state index contributed by atoms with van der Waals surface area (Å²) in [6.07, 6.45) is 1.56. The van der Waals surface area contributed by atoms with Crippen LogP contribution in [-0.4, -0.2) is 16.0 Å². The Hall–Kier alpha value is -1.17. The van der Waals surface area contributed by atoms with E-state index in [-0.39, 0.29) is 16.7 Å². The molecular formula is C17H9Cl4NO2S. The molecule has 0 bridgehead atoms. The minimum Gasteiger partial charge on any atom is -0.268 e. The average molecular weight is 433 g/mol. The van der Waals surface area contributed by atoms with Crippen molar-refractivity contribution in [2.24, 2.45) is 0 Å². The molecule has 0 radical (unpaired) electrons. The molecule has 1 saturated heterocycles. The number of nitrogens with zero attached hydrogens (tertiary/aromatic N) is 1. The molecule has 0 atom stereocenters. The van der Waals surface area contributed by atoms with Gasteiger partial charge in [-0.1, -0.05) is 64.6 Å². The van der Waals surface area contributed by atoms with Crippen LogP contribution < -0.4 is 0 Å². The van der Waals surface area contributed by atoms with E-state index in [4.69, 9.17) is 46.4 Å². The molecule has 1 fully saturated rings. The van der Waals surface area contributed by atoms with Gasteiger partial charge in [0.05, 0.1) is 31.5 Å². The number of carbonyl (C=O) groups is 2. The Morgan fingerprint density at radius 2 is 1.72 bits per heavy atom. The summed E-state index contributed by atoms with van der Waals surface area (Å²) in [6.45, 7) is 0.113. The van der Waals surface area contributed by atoms with E-state index in [0.717, 1.165) is 16.7 Å². The van der Waals surface area contributed by atoms with Crippen LogP contribution in [0, 0.1) is 0 Å². The van der Waals surface area contributed by atoms with Gasteiger partial charge in [-0.05, 0) is 47.2 Å². The van der Waals surface area contributed by atoms with Crippen molar-refractivity contribution in [2.75, 3.05) is 0 Å². The van der Waals surface area contributed by atoms with Gasteiger partial charge >= 0.3 is 0 Å². The molecule has 3 nitrogen and oxygen atoms in total. The lowest BCUT2D eigenvalue weighted by Gasteiger charge is -2.13. The molecule has 1 heterocycles. The lowest BCUT2D eigenvalue weighted by atomic mass is 10.2. The van der Waals surface area contributed by atoms with Gasteiger partial charge in [0.2, 0.25) is 0 Å². The molecule has 0 aromatic heterocycles. The summed E-state index contributed by atoms with van der Waals surface area (Å²) >= 11 is 24.8. The maximum Gasteiger partial charge on any atom is 0.293 e. The van der Waals surface area contributed by atoms with Gasteiger partial charge in [0.15, 0.2) is 0 Å². The highest BCUT2D eigenvalue weighted by atomic mass is 35.5. The molecule has 0 spiro atoms. The molecule has 128 valence electrons. The Kier molecular flexibility index (Phi) is 5.66. The number of benzene rings is 2. The quantitative estimate of drug-likeness (QED) is 0.517. The molecule has 25 heavy (non-hydrogen) atoms. The molecule has 0 saturated carbocycles. The fraction of sp³-hybridized carbons (Fsp3) is 0.0588. The minimum atomic E-state index is -0.392. The third kappa shape index (κ3) is 3.99. The van der Waals surface area contributed by atoms with E-state index in [1.54, 1.807) is 42.5 Å². The number of imide groups is 1. The fourth-order valence-corrected chi connectivity index (χ4v) is 3.74. The first kappa shape index (κ1) is 18.6. The van der Waals surface area contributed by atoms with Gasteiger partial charge in [-0.3, -0.25) is 14.5 Å². The predicted octanol–water partition coefficient (Wildman–Crippen LogP) is 6.54. The van der Waals surface area contributed by atoms with Crippen molar-refractivity contribution in [3.8, 4) is 0 Å². The van der Waals surface area contributed by atoms with Crippen LogP contribution in [0.4, 0.5) is 4.79 Å². The van der Waals surface area contributed by atoms with Gasteiger partial charge in [-0.15, -0.1) is 0 Å². The van der Waals surface area contributed by atoms with Crippen LogP contribution in [0.15, 0.2) is 41.3 Å². The molecule has 1 aliphatic rings. The molecule has 0 unspecified atom stereocenters. The van der Waals surface area contributed by atoms with Crippen molar-refractivity contribution in [2.45, 2.75) is 6.54 Å². The van der Waals surface area contributed by atoms with Gasteiger partial charge in [-0.25, -0.2) is 0 Å². The van der Waals surface area contributed by atoms with Crippen molar-refractivity contribution in [3.63, 3.8) is 0 Å². The van der Waals surface area contributed by atoms with Crippen LogP contribution >= 0.6 is 58.2 Å². The zero-order valence-electron chi connectivity index (χ0n) is 12.4. The van der Waals surface area contributed by atoms with Crippen molar-refractivity contribution >= 4 is 75.4 Å². The number of amides is 2. The summed E-state index contributed by atoms with van der Waals surface area (Å²) in [4.78, 5) is 26.2. The summed E-state index contributed by atoms with van der Waals surface area (Å²) in [6, 6.07) is 10.1. The van der Waals surface area contributed by atoms with E-state index in [0.29, 0.717) is 31.2 Å². The number of hydrogen-bond donors (Lipinski definition) is 0. The highest BCUT2D eigenvalue weighted by Gasteiger charge is 2.35. The van der Waals surface area contributed by atoms with E-state index in [2.05, 4.69) is 0 Å². The highest BCUT2D eigenvalue weighted by Crippen LogP contribution is 2.36. The Bertz CT molecular complexity index is 914. The molecule has 8 heteroatoms. The summed E-state index contributed by atoms with van der Waals surface area (Å²) in [5, 5.41) is 1.13. The van der Waals surface area contributed by atoms with E-state index < -0.39 is 5.91 Å². The lowest BCUT2D eigenvalue weighted by Crippen LogP contribution is -2.27. The van der Waals surface area contributed by atoms with E-state index in [1.807, 2.05) is 0 Å². The maximum atomic E-state index is 12.6. The molecule has 2 aromatic carbocycles. The molecule has 2 aromatic rings. The third-order valence-corrected chi connectivity index (χ3v) is 5.95. The smallest absolute Gasteiger partial charge is 0.268 e. The molecular weight excluding hydrogens is 424 g/mol. The number of carbonyl (C=O) groups excluding carboxylic acids is 2. The minimum absolute atomic E-state index is 0.113. The molecule has 0 aliphatic carbocycles. The predicted molar refractivity (Wildman–Crippen MR) is 104 cm³/mol. The van der Waals surface area contributed by atoms with Gasteiger partial charge in [0.1, 0.15) is 0 Å². The normalized spacial score (nSPS) is 16.2. The second-order valence-corrected chi connectivity index (χ2v) is 7.75. The average Bonchev–Trinajstić information content (AvgIpc) is 2.83. The zero-order chi connectivity index (χ0) is 18.1. The van der Waals surface area contributed by atoms with Crippen molar-refractivity contribution in [3.05, 3.63) is 72.5 Å². The van der Waals surface area contributed by atoms with Crippen molar-refractivity contribution in [1.82, 2.24) is 4.90 Å². The zero-order valence-corrected chi connectivity index (χ0v) is 16.3. The molecule has 1 aliphatic heterocycles. The first-order valence-electron chi connectivity index (χ1n) is 7.00. The Labute approximate surface area is 168 Å². The van der Waals surface area contributed by atoms with E-state index in [1.165, 1.54) is 0 Å². The van der Waals surface area contributed by atoms with Crippen LogP contribution in [0.5, 0.6) is 0 Å². The number of hydrogen-bond acceptors (Lipinski definition) is 3. The topological polar surface area (TPSA) is 37.4 Å². The van der Waals surface area contributed by atoms with Gasteiger partial charge in [-0.2, -0.15) is 0 Å². The second-order valence-electron chi connectivity index (χ2n) is 5.16. The largest absolute Gasteiger partial charge is 0.293 e. The summed E-state index contributed by atoms with van der Waals surface area (Å²) < 4.78 is 0.